The number of hydrogen-bond acceptors (Lipinski definition) is 6. The number of ether oxygens (including phenoxy) is 2. The number of aromatic nitrogens is 1. The van der Waals surface area contributed by atoms with Crippen LogP contribution in [0.2, 0.25) is 0 Å². The highest BCUT2D eigenvalue weighted by atomic mass is 35.5. The monoisotopic (exact) mass is 461 g/mol. The zero-order chi connectivity index (χ0) is 19.8. The van der Waals surface area contributed by atoms with E-state index in [0.29, 0.717) is 29.5 Å². The molecule has 1 aliphatic rings. The van der Waals surface area contributed by atoms with Crippen molar-refractivity contribution >= 4 is 42.1 Å². The van der Waals surface area contributed by atoms with Crippen LogP contribution in [0.4, 0.5) is 0 Å². The number of piperidine rings is 1. The fourth-order valence-corrected chi connectivity index (χ4v) is 4.41. The number of thiazole rings is 1. The van der Waals surface area contributed by atoms with E-state index >= 15 is 0 Å². The average molecular weight is 462 g/mol. The van der Waals surface area contributed by atoms with Gasteiger partial charge in [0.05, 0.1) is 19.9 Å². The molecular formula is C20H29Cl2N3O3S. The second kappa shape index (κ2) is 9.98. The predicted molar refractivity (Wildman–Crippen MR) is 122 cm³/mol. The molecule has 3 rings (SSSR count). The Morgan fingerprint density at radius 2 is 1.90 bits per heavy atom. The van der Waals surface area contributed by atoms with E-state index < -0.39 is 0 Å². The Morgan fingerprint density at radius 1 is 1.24 bits per heavy atom. The summed E-state index contributed by atoms with van der Waals surface area (Å²) in [6.45, 7) is 7.47. The zero-order valence-corrected chi connectivity index (χ0v) is 19.8. The van der Waals surface area contributed by atoms with Crippen molar-refractivity contribution in [2.24, 2.45) is 11.1 Å². The van der Waals surface area contributed by atoms with Crippen molar-refractivity contribution in [3.8, 4) is 22.1 Å². The highest BCUT2D eigenvalue weighted by Gasteiger charge is 2.36. The van der Waals surface area contributed by atoms with Gasteiger partial charge in [0.15, 0.2) is 11.5 Å². The Labute approximate surface area is 188 Å². The van der Waals surface area contributed by atoms with Crippen molar-refractivity contribution in [1.29, 1.82) is 0 Å². The third kappa shape index (κ3) is 5.15. The Kier molecular flexibility index (Phi) is 8.77. The number of aryl methyl sites for hydroxylation is 1. The summed E-state index contributed by atoms with van der Waals surface area (Å²) in [5.74, 6) is 1.34. The van der Waals surface area contributed by atoms with Gasteiger partial charge in [0.25, 0.3) is 5.91 Å². The molecule has 1 aromatic carbocycles. The largest absolute Gasteiger partial charge is 0.493 e. The minimum absolute atomic E-state index is 0. The first-order chi connectivity index (χ1) is 12.8. The van der Waals surface area contributed by atoms with Gasteiger partial charge in [-0.15, -0.1) is 36.2 Å². The molecule has 9 heteroatoms. The first-order valence-electron chi connectivity index (χ1n) is 9.01. The van der Waals surface area contributed by atoms with Crippen molar-refractivity contribution in [1.82, 2.24) is 9.88 Å². The van der Waals surface area contributed by atoms with E-state index in [0.717, 1.165) is 22.7 Å². The van der Waals surface area contributed by atoms with Crippen molar-refractivity contribution in [2.45, 2.75) is 33.2 Å². The van der Waals surface area contributed by atoms with E-state index in [1.165, 1.54) is 11.3 Å². The molecule has 0 aliphatic carbocycles. The smallest absolute Gasteiger partial charge is 0.265 e. The molecule has 1 aliphatic heterocycles. The van der Waals surface area contributed by atoms with Crippen LogP contribution in [-0.2, 0) is 0 Å². The Hall–Kier alpha value is -1.54. The summed E-state index contributed by atoms with van der Waals surface area (Å²) in [6, 6.07) is 5.78. The molecule has 1 unspecified atom stereocenters. The van der Waals surface area contributed by atoms with Gasteiger partial charge in [-0.1, -0.05) is 13.8 Å². The van der Waals surface area contributed by atoms with E-state index in [4.69, 9.17) is 15.2 Å². The number of hydrogen-bond donors (Lipinski definition) is 1. The summed E-state index contributed by atoms with van der Waals surface area (Å²) in [4.78, 5) is 20.3. The molecule has 29 heavy (non-hydrogen) atoms. The summed E-state index contributed by atoms with van der Waals surface area (Å²) in [7, 11) is 3.21. The number of likely N-dealkylation sites (tertiary alicyclic amines) is 1. The Bertz CT molecular complexity index is 857. The van der Waals surface area contributed by atoms with Crippen molar-refractivity contribution < 1.29 is 14.3 Å². The summed E-state index contributed by atoms with van der Waals surface area (Å²) < 4.78 is 10.7. The van der Waals surface area contributed by atoms with Gasteiger partial charge < -0.3 is 20.1 Å². The molecule has 1 saturated heterocycles. The number of carbonyl (C=O) groups is 1. The van der Waals surface area contributed by atoms with Crippen molar-refractivity contribution in [3.05, 3.63) is 28.8 Å². The molecule has 2 heterocycles. The number of nitrogens with two attached hydrogens (primary N) is 1. The number of rotatable bonds is 4. The molecule has 1 fully saturated rings. The molecule has 2 aromatic rings. The van der Waals surface area contributed by atoms with E-state index in [-0.39, 0.29) is 42.2 Å². The van der Waals surface area contributed by atoms with Crippen molar-refractivity contribution in [2.75, 3.05) is 27.3 Å². The Morgan fingerprint density at radius 3 is 2.48 bits per heavy atom. The highest BCUT2D eigenvalue weighted by molar-refractivity contribution is 7.17. The van der Waals surface area contributed by atoms with E-state index in [2.05, 4.69) is 18.8 Å². The summed E-state index contributed by atoms with van der Waals surface area (Å²) in [5, 5.41) is 0.796. The minimum atomic E-state index is -0.0846. The first kappa shape index (κ1) is 25.5. The van der Waals surface area contributed by atoms with Crippen LogP contribution in [0.25, 0.3) is 10.6 Å². The van der Waals surface area contributed by atoms with Gasteiger partial charge in [-0.05, 0) is 37.0 Å². The normalized spacial score (nSPS) is 17.7. The van der Waals surface area contributed by atoms with Gasteiger partial charge in [-0.25, -0.2) is 4.98 Å². The number of amides is 1. The second-order valence-corrected chi connectivity index (χ2v) is 8.61. The van der Waals surface area contributed by atoms with Gasteiger partial charge in [-0.3, -0.25) is 4.79 Å². The third-order valence-electron chi connectivity index (χ3n) is 5.22. The van der Waals surface area contributed by atoms with E-state index in [1.807, 2.05) is 30.0 Å². The minimum Gasteiger partial charge on any atom is -0.493 e. The van der Waals surface area contributed by atoms with Gasteiger partial charge in [0.1, 0.15) is 9.88 Å². The molecule has 162 valence electrons. The molecule has 0 bridgehead atoms. The predicted octanol–water partition coefficient (Wildman–Crippen LogP) is 4.18. The summed E-state index contributed by atoms with van der Waals surface area (Å²) in [5.41, 5.74) is 7.78. The molecular weight excluding hydrogens is 433 g/mol. The number of halogens is 2. The molecule has 0 spiro atoms. The molecule has 0 radical (unpaired) electrons. The zero-order valence-electron chi connectivity index (χ0n) is 17.4. The lowest BCUT2D eigenvalue weighted by atomic mass is 9.79. The first-order valence-corrected chi connectivity index (χ1v) is 9.83. The van der Waals surface area contributed by atoms with Crippen LogP contribution in [0, 0.1) is 12.3 Å². The van der Waals surface area contributed by atoms with Gasteiger partial charge in [-0.2, -0.15) is 0 Å². The third-order valence-corrected chi connectivity index (χ3v) is 6.42. The van der Waals surface area contributed by atoms with Crippen LogP contribution in [0.15, 0.2) is 18.2 Å². The number of benzene rings is 1. The van der Waals surface area contributed by atoms with Crippen LogP contribution in [-0.4, -0.2) is 49.1 Å². The lowest BCUT2D eigenvalue weighted by molar-refractivity contribution is 0.0536. The second-order valence-electron chi connectivity index (χ2n) is 7.61. The van der Waals surface area contributed by atoms with Crippen LogP contribution >= 0.6 is 36.2 Å². The molecule has 0 saturated carbocycles. The lowest BCUT2D eigenvalue weighted by Gasteiger charge is -2.42. The van der Waals surface area contributed by atoms with Gasteiger partial charge >= 0.3 is 0 Å². The molecule has 6 nitrogen and oxygen atoms in total. The highest BCUT2D eigenvalue weighted by Crippen LogP contribution is 2.36. The van der Waals surface area contributed by atoms with Crippen LogP contribution in [0.3, 0.4) is 0 Å². The number of nitrogens with zero attached hydrogens (tertiary/aromatic N) is 2. The molecule has 1 aromatic heterocycles. The standard InChI is InChI=1S/C20H27N3O3S.2ClH/c1-12-17(19(24)23-9-8-16(21)20(2,3)11-23)27-18(22-12)13-6-7-14(25-4)15(10-13)26-5;;/h6-7,10,16H,8-9,11,21H2,1-5H3;2*1H. The maximum absolute atomic E-state index is 13.1. The molecule has 1 atom stereocenters. The van der Waals surface area contributed by atoms with E-state index in [1.54, 1.807) is 14.2 Å². The SMILES string of the molecule is COc1ccc(-c2nc(C)c(C(=O)N3CCC(N)C(C)(C)C3)s2)cc1OC.Cl.Cl. The average Bonchev–Trinajstić information content (AvgIpc) is 3.04. The van der Waals surface area contributed by atoms with Gasteiger partial charge in [0.2, 0.25) is 0 Å². The molecule has 2 N–H and O–H groups in total. The van der Waals surface area contributed by atoms with Crippen molar-refractivity contribution in [3.63, 3.8) is 0 Å². The van der Waals surface area contributed by atoms with Crippen LogP contribution < -0.4 is 15.2 Å². The maximum Gasteiger partial charge on any atom is 0.265 e. The quantitative estimate of drug-likeness (QED) is 0.738. The number of methoxy groups -OCH3 is 2. The Balaban J connectivity index is 0.00000210. The lowest BCUT2D eigenvalue weighted by Crippen LogP contribution is -2.53. The number of carbonyl (C=O) groups excluding carboxylic acids is 1. The summed E-state index contributed by atoms with van der Waals surface area (Å²) >= 11 is 1.42. The fraction of sp³-hybridized carbons (Fsp3) is 0.500. The van der Waals surface area contributed by atoms with Crippen LogP contribution in [0.5, 0.6) is 11.5 Å². The van der Waals surface area contributed by atoms with E-state index in [9.17, 15) is 4.79 Å². The maximum atomic E-state index is 13.1. The fourth-order valence-electron chi connectivity index (χ4n) is 3.38. The van der Waals surface area contributed by atoms with Gasteiger partial charge in [0, 0.05) is 24.7 Å². The topological polar surface area (TPSA) is 77.7 Å². The molecule has 1 amide bonds. The van der Waals surface area contributed by atoms with Crippen LogP contribution in [0.1, 0.15) is 35.6 Å². The summed E-state index contributed by atoms with van der Waals surface area (Å²) in [6.07, 6.45) is 0.819.